The summed E-state index contributed by atoms with van der Waals surface area (Å²) >= 11 is 12.5. The zero-order valence-corrected chi connectivity index (χ0v) is 14.5. The molecular weight excluding hydrogens is 345 g/mol. The van der Waals surface area contributed by atoms with Crippen LogP contribution in [0.15, 0.2) is 42.5 Å². The fourth-order valence-electron chi connectivity index (χ4n) is 2.98. The molecule has 0 atom stereocenters. The monoisotopic (exact) mass is 359 g/mol. The molecule has 0 aliphatic carbocycles. The third kappa shape index (κ3) is 2.52. The van der Waals surface area contributed by atoms with Gasteiger partial charge in [-0.15, -0.1) is 0 Å². The van der Waals surface area contributed by atoms with Crippen molar-refractivity contribution in [1.82, 2.24) is 9.78 Å². The van der Waals surface area contributed by atoms with Crippen LogP contribution in [0.3, 0.4) is 0 Å². The number of methoxy groups -OCH3 is 1. The van der Waals surface area contributed by atoms with Crippen LogP contribution >= 0.6 is 23.2 Å². The maximum atomic E-state index is 6.36. The van der Waals surface area contributed by atoms with Gasteiger partial charge >= 0.3 is 0 Å². The Hall–Kier alpha value is -2.17. The molecule has 1 aliphatic rings. The highest BCUT2D eigenvalue weighted by Crippen LogP contribution is 2.37. The Labute approximate surface area is 150 Å². The van der Waals surface area contributed by atoms with E-state index in [0.717, 1.165) is 41.5 Å². The predicted molar refractivity (Wildman–Crippen MR) is 97.8 cm³/mol. The maximum Gasteiger partial charge on any atom is 0.133 e. The Morgan fingerprint density at radius 2 is 1.92 bits per heavy atom. The van der Waals surface area contributed by atoms with Gasteiger partial charge in [-0.2, -0.15) is 5.10 Å². The number of aromatic nitrogens is 2. The molecular formula is C18H15Cl2N3O. The second-order valence-electron chi connectivity index (χ2n) is 5.59. The Balaban J connectivity index is 1.87. The van der Waals surface area contributed by atoms with Crippen molar-refractivity contribution in [3.63, 3.8) is 0 Å². The van der Waals surface area contributed by atoms with Crippen molar-refractivity contribution < 1.29 is 4.74 Å². The van der Waals surface area contributed by atoms with Gasteiger partial charge in [0.05, 0.1) is 23.5 Å². The van der Waals surface area contributed by atoms with Crippen LogP contribution in [-0.2, 0) is 6.42 Å². The number of fused-ring (bicyclic) bond motifs is 1. The highest BCUT2D eigenvalue weighted by atomic mass is 35.5. The Kier molecular flexibility index (Phi) is 3.87. The summed E-state index contributed by atoms with van der Waals surface area (Å²) in [5.74, 6) is 1.80. The summed E-state index contributed by atoms with van der Waals surface area (Å²) in [5, 5.41) is 9.44. The first kappa shape index (κ1) is 15.4. The average molecular weight is 360 g/mol. The SMILES string of the molecule is COc1ccc(-c2nn(-c3cc(Cl)ccc3Cl)c3c2CCN3)cc1. The van der Waals surface area contributed by atoms with Crippen molar-refractivity contribution in [2.45, 2.75) is 6.42 Å². The summed E-state index contributed by atoms with van der Waals surface area (Å²) in [7, 11) is 1.66. The van der Waals surface area contributed by atoms with Crippen LogP contribution in [0, 0.1) is 0 Å². The second kappa shape index (κ2) is 6.04. The van der Waals surface area contributed by atoms with Gasteiger partial charge < -0.3 is 10.1 Å². The minimum atomic E-state index is 0.611. The molecule has 0 amide bonds. The van der Waals surface area contributed by atoms with Crippen LogP contribution in [-0.4, -0.2) is 23.4 Å². The molecule has 6 heteroatoms. The van der Waals surface area contributed by atoms with E-state index in [1.807, 2.05) is 35.0 Å². The standard InChI is InChI=1S/C18H15Cl2N3O/c1-24-13-5-2-11(3-6-13)17-14-8-9-21-18(14)23(22-17)16-10-12(19)4-7-15(16)20/h2-7,10,21H,8-9H2,1H3. The Bertz CT molecular complexity index is 903. The van der Waals surface area contributed by atoms with E-state index in [1.165, 1.54) is 5.56 Å². The van der Waals surface area contributed by atoms with Gasteiger partial charge in [0, 0.05) is 22.7 Å². The molecule has 4 nitrogen and oxygen atoms in total. The molecule has 0 bridgehead atoms. The van der Waals surface area contributed by atoms with E-state index in [4.69, 9.17) is 33.0 Å². The van der Waals surface area contributed by atoms with Crippen molar-refractivity contribution in [3.8, 4) is 22.7 Å². The van der Waals surface area contributed by atoms with Crippen LogP contribution in [0.4, 0.5) is 5.82 Å². The fourth-order valence-corrected chi connectivity index (χ4v) is 3.34. The quantitative estimate of drug-likeness (QED) is 0.728. The summed E-state index contributed by atoms with van der Waals surface area (Å²) < 4.78 is 7.07. The number of rotatable bonds is 3. The van der Waals surface area contributed by atoms with Crippen LogP contribution in [0.1, 0.15) is 5.56 Å². The lowest BCUT2D eigenvalue weighted by Gasteiger charge is -2.09. The smallest absolute Gasteiger partial charge is 0.133 e. The van der Waals surface area contributed by atoms with Gasteiger partial charge in [0.1, 0.15) is 11.6 Å². The third-order valence-corrected chi connectivity index (χ3v) is 4.71. The number of halogens is 2. The molecule has 122 valence electrons. The van der Waals surface area contributed by atoms with Crippen molar-refractivity contribution in [3.05, 3.63) is 58.1 Å². The number of nitrogens with zero attached hydrogens (tertiary/aromatic N) is 2. The topological polar surface area (TPSA) is 39.1 Å². The fraction of sp³-hybridized carbons (Fsp3) is 0.167. The largest absolute Gasteiger partial charge is 0.497 e. The zero-order valence-electron chi connectivity index (χ0n) is 13.0. The van der Waals surface area contributed by atoms with Crippen molar-refractivity contribution in [1.29, 1.82) is 0 Å². The van der Waals surface area contributed by atoms with Crippen LogP contribution in [0.25, 0.3) is 16.9 Å². The van der Waals surface area contributed by atoms with Gasteiger partial charge in [-0.05, 0) is 48.9 Å². The molecule has 0 unspecified atom stereocenters. The molecule has 1 aliphatic heterocycles. The summed E-state index contributed by atoms with van der Waals surface area (Å²) in [4.78, 5) is 0. The first-order valence-corrected chi connectivity index (χ1v) is 8.38. The molecule has 0 saturated carbocycles. The lowest BCUT2D eigenvalue weighted by Crippen LogP contribution is -2.04. The molecule has 1 N–H and O–H groups in total. The summed E-state index contributed by atoms with van der Waals surface area (Å²) in [6, 6.07) is 13.3. The third-order valence-electron chi connectivity index (χ3n) is 4.15. The summed E-state index contributed by atoms with van der Waals surface area (Å²) in [5.41, 5.74) is 3.96. The lowest BCUT2D eigenvalue weighted by atomic mass is 10.1. The van der Waals surface area contributed by atoms with Crippen LogP contribution < -0.4 is 10.1 Å². The molecule has 0 radical (unpaired) electrons. The predicted octanol–water partition coefficient (Wildman–Crippen LogP) is 4.82. The number of hydrogen-bond donors (Lipinski definition) is 1. The van der Waals surface area contributed by atoms with E-state index in [0.29, 0.717) is 10.0 Å². The lowest BCUT2D eigenvalue weighted by molar-refractivity contribution is 0.415. The average Bonchev–Trinajstić information content (AvgIpc) is 3.20. The van der Waals surface area contributed by atoms with Crippen LogP contribution in [0.2, 0.25) is 10.0 Å². The minimum absolute atomic E-state index is 0.611. The van der Waals surface area contributed by atoms with Crippen molar-refractivity contribution in [2.24, 2.45) is 0 Å². The molecule has 24 heavy (non-hydrogen) atoms. The molecule has 1 aromatic heterocycles. The molecule has 3 aromatic rings. The van der Waals surface area contributed by atoms with Gasteiger partial charge in [-0.25, -0.2) is 4.68 Å². The van der Waals surface area contributed by atoms with E-state index < -0.39 is 0 Å². The normalized spacial score (nSPS) is 12.8. The molecule has 2 aromatic carbocycles. The van der Waals surface area contributed by atoms with E-state index in [-0.39, 0.29) is 0 Å². The first-order chi connectivity index (χ1) is 11.7. The number of anilines is 1. The Morgan fingerprint density at radius 1 is 1.12 bits per heavy atom. The number of hydrogen-bond acceptors (Lipinski definition) is 3. The van der Waals surface area contributed by atoms with E-state index in [2.05, 4.69) is 5.32 Å². The zero-order chi connectivity index (χ0) is 16.7. The second-order valence-corrected chi connectivity index (χ2v) is 6.43. The highest BCUT2D eigenvalue weighted by molar-refractivity contribution is 6.34. The molecule has 2 heterocycles. The van der Waals surface area contributed by atoms with Crippen molar-refractivity contribution >= 4 is 29.0 Å². The molecule has 4 rings (SSSR count). The van der Waals surface area contributed by atoms with E-state index >= 15 is 0 Å². The first-order valence-electron chi connectivity index (χ1n) is 7.63. The summed E-state index contributed by atoms with van der Waals surface area (Å²) in [6.07, 6.45) is 0.925. The maximum absolute atomic E-state index is 6.36. The van der Waals surface area contributed by atoms with E-state index in [1.54, 1.807) is 19.2 Å². The summed E-state index contributed by atoms with van der Waals surface area (Å²) in [6.45, 7) is 0.883. The van der Waals surface area contributed by atoms with Gasteiger partial charge in [-0.1, -0.05) is 23.2 Å². The number of benzene rings is 2. The van der Waals surface area contributed by atoms with E-state index in [9.17, 15) is 0 Å². The molecule has 0 spiro atoms. The van der Waals surface area contributed by atoms with Crippen molar-refractivity contribution in [2.75, 3.05) is 19.0 Å². The van der Waals surface area contributed by atoms with Gasteiger partial charge in [0.2, 0.25) is 0 Å². The molecule has 0 fully saturated rings. The molecule has 0 saturated heterocycles. The minimum Gasteiger partial charge on any atom is -0.497 e. The highest BCUT2D eigenvalue weighted by Gasteiger charge is 2.24. The van der Waals surface area contributed by atoms with Gasteiger partial charge in [0.25, 0.3) is 0 Å². The number of nitrogens with one attached hydrogen (secondary N) is 1. The van der Waals surface area contributed by atoms with Gasteiger partial charge in [-0.3, -0.25) is 0 Å². The Morgan fingerprint density at radius 3 is 2.67 bits per heavy atom. The van der Waals surface area contributed by atoms with Crippen LogP contribution in [0.5, 0.6) is 5.75 Å². The van der Waals surface area contributed by atoms with Gasteiger partial charge in [0.15, 0.2) is 0 Å². The number of ether oxygens (including phenoxy) is 1.